The number of carbonyl (C=O) groups is 1. The lowest BCUT2D eigenvalue weighted by molar-refractivity contribution is -0.152. The number of carbonyl (C=O) groups excluding carboxylic acids is 1. The van der Waals surface area contributed by atoms with E-state index in [1.165, 1.54) is 12.5 Å². The van der Waals surface area contributed by atoms with Gasteiger partial charge in [0.2, 0.25) is 0 Å². The Balaban J connectivity index is 1.79. The minimum atomic E-state index is -0.887. The summed E-state index contributed by atoms with van der Waals surface area (Å²) in [5.41, 5.74) is 0.701. The summed E-state index contributed by atoms with van der Waals surface area (Å²) in [6.07, 6.45) is 4.33. The van der Waals surface area contributed by atoms with Gasteiger partial charge in [-0.2, -0.15) is 0 Å². The van der Waals surface area contributed by atoms with Crippen LogP contribution in [0.15, 0.2) is 18.6 Å². The van der Waals surface area contributed by atoms with E-state index in [0.717, 1.165) is 5.56 Å². The van der Waals surface area contributed by atoms with Crippen LogP contribution >= 0.6 is 0 Å². The van der Waals surface area contributed by atoms with Crippen LogP contribution in [0.25, 0.3) is 0 Å². The van der Waals surface area contributed by atoms with Crippen molar-refractivity contribution in [3.05, 3.63) is 35.5 Å². The van der Waals surface area contributed by atoms with Crippen molar-refractivity contribution >= 4 is 11.7 Å². The normalized spacial score (nSPS) is 16.4. The number of esters is 1. The zero-order valence-electron chi connectivity index (χ0n) is 18.4. The third-order valence-corrected chi connectivity index (χ3v) is 4.83. The number of hydrogen-bond donors (Lipinski definition) is 1. The molecule has 9 heteroatoms. The summed E-state index contributed by atoms with van der Waals surface area (Å²) >= 11 is 0. The molecule has 1 heterocycles. The number of anilines is 1. The summed E-state index contributed by atoms with van der Waals surface area (Å²) in [5.74, 6) is -1.64. The van der Waals surface area contributed by atoms with E-state index in [0.29, 0.717) is 31.6 Å². The van der Waals surface area contributed by atoms with Crippen molar-refractivity contribution < 1.29 is 37.6 Å². The number of benzene rings is 1. The lowest BCUT2D eigenvalue weighted by Crippen LogP contribution is -2.37. The van der Waals surface area contributed by atoms with Crippen molar-refractivity contribution in [3.63, 3.8) is 0 Å². The van der Waals surface area contributed by atoms with Gasteiger partial charge in [0.15, 0.2) is 12.6 Å². The van der Waals surface area contributed by atoms with Gasteiger partial charge in [0.05, 0.1) is 19.6 Å². The largest absolute Gasteiger partial charge is 0.465 e. The first kappa shape index (κ1) is 23.1. The Hall–Kier alpha value is -2.52. The number of aryl methyl sites for hydroxylation is 1. The summed E-state index contributed by atoms with van der Waals surface area (Å²) in [5, 5.41) is 2.83. The van der Waals surface area contributed by atoms with E-state index < -0.39 is 23.2 Å². The molecule has 31 heavy (non-hydrogen) atoms. The van der Waals surface area contributed by atoms with Crippen LogP contribution in [0.2, 0.25) is 0 Å². The molecule has 1 aromatic carbocycles. The Morgan fingerprint density at radius 1 is 1.26 bits per heavy atom. The summed E-state index contributed by atoms with van der Waals surface area (Å²) in [6, 6.07) is 1.77. The molecule has 0 radical (unpaired) electrons. The van der Waals surface area contributed by atoms with Gasteiger partial charge in [-0.3, -0.25) is 4.79 Å². The number of rotatable bonds is 9. The number of ether oxygens (including phenoxy) is 6. The highest BCUT2D eigenvalue weighted by atomic mass is 19.1. The molecule has 2 aliphatic rings. The maximum Gasteiger partial charge on any atom is 0.325 e. The van der Waals surface area contributed by atoms with Gasteiger partial charge >= 0.3 is 5.97 Å². The third kappa shape index (κ3) is 6.01. The molecule has 0 unspecified atom stereocenters. The summed E-state index contributed by atoms with van der Waals surface area (Å²) in [4.78, 5) is 12.1. The first-order valence-corrected chi connectivity index (χ1v) is 10.2. The van der Waals surface area contributed by atoms with Crippen LogP contribution in [0.4, 0.5) is 10.1 Å². The van der Waals surface area contributed by atoms with Crippen LogP contribution in [-0.2, 0) is 41.3 Å². The molecule has 0 saturated carbocycles. The average molecular weight is 439 g/mol. The van der Waals surface area contributed by atoms with Gasteiger partial charge in [0.1, 0.15) is 36.1 Å². The summed E-state index contributed by atoms with van der Waals surface area (Å²) in [6.45, 7) is 5.77. The van der Waals surface area contributed by atoms with Gasteiger partial charge in [-0.25, -0.2) is 4.39 Å². The van der Waals surface area contributed by atoms with Crippen LogP contribution in [0.5, 0.6) is 5.75 Å². The SMILES string of the molecule is COCCOCOc1cc2c(c(F)c1NCC(=O)OC(C)(C)C)CC1(CC2)OC=CO1. The molecule has 8 nitrogen and oxygen atoms in total. The first-order chi connectivity index (χ1) is 14.7. The third-order valence-electron chi connectivity index (χ3n) is 4.83. The minimum absolute atomic E-state index is 0.0722. The van der Waals surface area contributed by atoms with E-state index >= 15 is 4.39 Å². The van der Waals surface area contributed by atoms with Crippen molar-refractivity contribution in [2.24, 2.45) is 0 Å². The van der Waals surface area contributed by atoms with E-state index in [4.69, 9.17) is 28.4 Å². The van der Waals surface area contributed by atoms with E-state index in [2.05, 4.69) is 5.32 Å². The molecule has 3 rings (SSSR count). The van der Waals surface area contributed by atoms with Crippen molar-refractivity contribution in [1.29, 1.82) is 0 Å². The van der Waals surface area contributed by atoms with Gasteiger partial charge in [0, 0.05) is 19.1 Å². The smallest absolute Gasteiger partial charge is 0.325 e. The predicted octanol–water partition coefficient (Wildman–Crippen LogP) is 3.28. The van der Waals surface area contributed by atoms with Crippen molar-refractivity contribution in [1.82, 2.24) is 0 Å². The van der Waals surface area contributed by atoms with E-state index in [9.17, 15) is 4.79 Å². The highest BCUT2D eigenvalue weighted by Crippen LogP contribution is 2.41. The van der Waals surface area contributed by atoms with Gasteiger partial charge in [0.25, 0.3) is 5.79 Å². The monoisotopic (exact) mass is 439 g/mol. The van der Waals surface area contributed by atoms with Crippen molar-refractivity contribution in [2.45, 2.75) is 51.4 Å². The standard InChI is InChI=1S/C22H30FNO7/c1-21(2,3)31-18(25)13-24-20-17(28-14-27-8-7-26-4)11-15-5-6-22(29-9-10-30-22)12-16(15)19(20)23/h9-11,24H,5-8,12-14H2,1-4H3. The van der Waals surface area contributed by atoms with Crippen LogP contribution in [0.1, 0.15) is 38.3 Å². The Morgan fingerprint density at radius 3 is 2.68 bits per heavy atom. The maximum atomic E-state index is 15.6. The van der Waals surface area contributed by atoms with Gasteiger partial charge < -0.3 is 33.7 Å². The molecule has 1 N–H and O–H groups in total. The molecule has 0 atom stereocenters. The fourth-order valence-corrected chi connectivity index (χ4v) is 3.47. The van der Waals surface area contributed by atoms with Crippen molar-refractivity contribution in [2.75, 3.05) is 39.0 Å². The fourth-order valence-electron chi connectivity index (χ4n) is 3.47. The second-order valence-electron chi connectivity index (χ2n) is 8.40. The zero-order valence-corrected chi connectivity index (χ0v) is 18.4. The van der Waals surface area contributed by atoms with Gasteiger partial charge in [-0.05, 0) is 38.8 Å². The summed E-state index contributed by atoms with van der Waals surface area (Å²) < 4.78 is 48.0. The Bertz CT molecular complexity index is 811. The van der Waals surface area contributed by atoms with E-state index in [-0.39, 0.29) is 31.2 Å². The molecular weight excluding hydrogens is 409 g/mol. The average Bonchev–Trinajstić information content (AvgIpc) is 3.14. The van der Waals surface area contributed by atoms with E-state index in [1.807, 2.05) is 0 Å². The van der Waals surface area contributed by atoms with Gasteiger partial charge in [-0.15, -0.1) is 0 Å². The maximum absolute atomic E-state index is 15.6. The Labute approximate surface area is 181 Å². The minimum Gasteiger partial charge on any atom is -0.465 e. The van der Waals surface area contributed by atoms with Crippen molar-refractivity contribution in [3.8, 4) is 5.75 Å². The lowest BCUT2D eigenvalue weighted by atomic mass is 9.86. The Morgan fingerprint density at radius 2 is 2.00 bits per heavy atom. The highest BCUT2D eigenvalue weighted by Gasteiger charge is 2.41. The molecule has 1 aliphatic heterocycles. The number of hydrogen-bond acceptors (Lipinski definition) is 8. The molecular formula is C22H30FNO7. The van der Waals surface area contributed by atoms with Gasteiger partial charge in [-0.1, -0.05) is 0 Å². The van der Waals surface area contributed by atoms with Crippen LogP contribution < -0.4 is 10.1 Å². The van der Waals surface area contributed by atoms with Crippen LogP contribution in [-0.4, -0.2) is 51.0 Å². The molecule has 0 fully saturated rings. The molecule has 1 aromatic rings. The molecule has 0 aromatic heterocycles. The molecule has 0 saturated heterocycles. The number of nitrogens with one attached hydrogen (secondary N) is 1. The zero-order chi connectivity index (χ0) is 22.5. The summed E-state index contributed by atoms with van der Waals surface area (Å²) in [7, 11) is 1.57. The van der Waals surface area contributed by atoms with Crippen LogP contribution in [0.3, 0.4) is 0 Å². The van der Waals surface area contributed by atoms with Crippen LogP contribution in [0, 0.1) is 5.82 Å². The number of methoxy groups -OCH3 is 1. The molecule has 1 aliphatic carbocycles. The quantitative estimate of drug-likeness (QED) is 0.357. The number of halogens is 1. The Kier molecular flexibility index (Phi) is 7.27. The second-order valence-corrected chi connectivity index (χ2v) is 8.40. The number of fused-ring (bicyclic) bond motifs is 1. The lowest BCUT2D eigenvalue weighted by Gasteiger charge is -2.33. The first-order valence-electron chi connectivity index (χ1n) is 10.2. The molecule has 172 valence electrons. The molecule has 0 amide bonds. The fraction of sp³-hybridized carbons (Fsp3) is 0.591. The van der Waals surface area contributed by atoms with E-state index in [1.54, 1.807) is 33.9 Å². The molecule has 0 bridgehead atoms. The second kappa shape index (κ2) is 9.74. The highest BCUT2D eigenvalue weighted by molar-refractivity contribution is 5.77. The predicted molar refractivity (Wildman–Crippen MR) is 110 cm³/mol. The topological polar surface area (TPSA) is 84.5 Å². The molecule has 1 spiro atoms.